The molecule has 1 heterocycles. The minimum absolute atomic E-state index is 0.0291. The molecule has 1 amide bonds. The number of benzene rings is 2. The van der Waals surface area contributed by atoms with E-state index in [0.717, 1.165) is 11.1 Å². The fourth-order valence-electron chi connectivity index (χ4n) is 3.14. The van der Waals surface area contributed by atoms with E-state index in [9.17, 15) is 4.79 Å². The van der Waals surface area contributed by atoms with Crippen molar-refractivity contribution in [3.05, 3.63) is 71.8 Å². The summed E-state index contributed by atoms with van der Waals surface area (Å²) in [6.07, 6.45) is 3.97. The fraction of sp³-hybridized carbons (Fsp3) is 0.261. The van der Waals surface area contributed by atoms with E-state index < -0.39 is 0 Å². The number of carbonyl (C=O) groups excluding carboxylic acids is 1. The molecule has 0 N–H and O–H groups in total. The third-order valence-electron chi connectivity index (χ3n) is 4.59. The highest BCUT2D eigenvalue weighted by Crippen LogP contribution is 2.30. The topological polar surface area (TPSA) is 63.5 Å². The largest absolute Gasteiger partial charge is 0.493 e. The van der Waals surface area contributed by atoms with Crippen LogP contribution in [0.25, 0.3) is 0 Å². The van der Waals surface area contributed by atoms with E-state index in [0.29, 0.717) is 29.6 Å². The summed E-state index contributed by atoms with van der Waals surface area (Å²) in [6.45, 7) is 6.21. The SMILES string of the molecule is C=CCN1C(=O)[C@@H](Cc2cccc(C)c2)S/C1=N\N=C/c1ccc(OC)c(OC)c1. The molecule has 1 aliphatic heterocycles. The Hall–Kier alpha value is -3.06. The van der Waals surface area contributed by atoms with Crippen LogP contribution in [0.2, 0.25) is 0 Å². The van der Waals surface area contributed by atoms with E-state index in [2.05, 4.69) is 22.8 Å². The Balaban J connectivity index is 1.77. The van der Waals surface area contributed by atoms with Crippen molar-refractivity contribution in [1.29, 1.82) is 0 Å². The molecule has 0 saturated carbocycles. The van der Waals surface area contributed by atoms with Crippen LogP contribution in [0.1, 0.15) is 16.7 Å². The van der Waals surface area contributed by atoms with Crippen LogP contribution in [0.5, 0.6) is 11.5 Å². The van der Waals surface area contributed by atoms with E-state index in [-0.39, 0.29) is 11.2 Å². The maximum absolute atomic E-state index is 12.9. The number of hydrogen-bond donors (Lipinski definition) is 0. The molecule has 0 bridgehead atoms. The number of amides is 1. The van der Waals surface area contributed by atoms with Crippen LogP contribution in [-0.4, -0.2) is 48.2 Å². The van der Waals surface area contributed by atoms with Gasteiger partial charge in [-0.05, 0) is 42.7 Å². The monoisotopic (exact) mass is 423 g/mol. The molecule has 30 heavy (non-hydrogen) atoms. The molecule has 6 nitrogen and oxygen atoms in total. The van der Waals surface area contributed by atoms with Crippen LogP contribution < -0.4 is 9.47 Å². The number of rotatable bonds is 8. The maximum atomic E-state index is 12.9. The van der Waals surface area contributed by atoms with Crippen molar-refractivity contribution in [3.63, 3.8) is 0 Å². The first kappa shape index (κ1) is 21.6. The first-order chi connectivity index (χ1) is 14.5. The van der Waals surface area contributed by atoms with Gasteiger partial charge in [0, 0.05) is 6.54 Å². The lowest BCUT2D eigenvalue weighted by Crippen LogP contribution is -2.32. The van der Waals surface area contributed by atoms with Crippen molar-refractivity contribution >= 4 is 29.1 Å². The number of ether oxygens (including phenoxy) is 2. The molecule has 1 saturated heterocycles. The van der Waals surface area contributed by atoms with Crippen molar-refractivity contribution in [1.82, 2.24) is 4.90 Å². The number of hydrogen-bond acceptors (Lipinski definition) is 6. The van der Waals surface area contributed by atoms with E-state index in [4.69, 9.17) is 9.47 Å². The van der Waals surface area contributed by atoms with Crippen LogP contribution in [0.4, 0.5) is 0 Å². The molecule has 0 spiro atoms. The lowest BCUT2D eigenvalue weighted by Gasteiger charge is -2.13. The van der Waals surface area contributed by atoms with Crippen molar-refractivity contribution < 1.29 is 14.3 Å². The smallest absolute Gasteiger partial charge is 0.242 e. The highest BCUT2D eigenvalue weighted by molar-refractivity contribution is 8.15. The summed E-state index contributed by atoms with van der Waals surface area (Å²) in [5.41, 5.74) is 3.13. The van der Waals surface area contributed by atoms with E-state index in [1.165, 1.54) is 17.3 Å². The quantitative estimate of drug-likeness (QED) is 0.365. The molecule has 1 aliphatic rings. The summed E-state index contributed by atoms with van der Waals surface area (Å²) < 4.78 is 10.6. The Morgan fingerprint density at radius 3 is 2.67 bits per heavy atom. The lowest BCUT2D eigenvalue weighted by atomic mass is 10.1. The molecule has 0 aromatic heterocycles. The van der Waals surface area contributed by atoms with Crippen molar-refractivity contribution in [3.8, 4) is 11.5 Å². The second-order valence-corrected chi connectivity index (χ2v) is 7.95. The van der Waals surface area contributed by atoms with Gasteiger partial charge in [-0.1, -0.05) is 47.7 Å². The summed E-state index contributed by atoms with van der Waals surface area (Å²) in [5, 5.41) is 8.86. The Kier molecular flexibility index (Phi) is 7.30. The van der Waals surface area contributed by atoms with Gasteiger partial charge >= 0.3 is 0 Å². The maximum Gasteiger partial charge on any atom is 0.242 e. The summed E-state index contributed by atoms with van der Waals surface area (Å²) in [6, 6.07) is 13.7. The summed E-state index contributed by atoms with van der Waals surface area (Å²) in [4.78, 5) is 14.5. The summed E-state index contributed by atoms with van der Waals surface area (Å²) in [5.74, 6) is 1.29. The molecule has 0 aliphatic carbocycles. The lowest BCUT2D eigenvalue weighted by molar-refractivity contribution is -0.125. The molecule has 0 radical (unpaired) electrons. The van der Waals surface area contributed by atoms with Crippen LogP contribution in [0.15, 0.2) is 65.3 Å². The normalized spacial score (nSPS) is 17.7. The molecule has 7 heteroatoms. The van der Waals surface area contributed by atoms with Gasteiger partial charge in [0.2, 0.25) is 5.91 Å². The van der Waals surface area contributed by atoms with Gasteiger partial charge in [0.25, 0.3) is 0 Å². The summed E-state index contributed by atoms with van der Waals surface area (Å²) >= 11 is 1.44. The number of nitrogens with zero attached hydrogens (tertiary/aromatic N) is 3. The minimum atomic E-state index is -0.221. The van der Waals surface area contributed by atoms with Gasteiger partial charge in [-0.15, -0.1) is 11.7 Å². The predicted octanol–water partition coefficient (Wildman–Crippen LogP) is 4.07. The first-order valence-corrected chi connectivity index (χ1v) is 10.4. The predicted molar refractivity (Wildman–Crippen MR) is 123 cm³/mol. The standard InChI is InChI=1S/C23H25N3O3S/c1-5-11-26-22(27)21(14-17-8-6-7-16(2)12-17)30-23(26)25-24-15-18-9-10-19(28-3)20(13-18)29-4/h5-10,12-13,15,21H,1,11,14H2,2-4H3/b24-15-,25-23-/t21-/m1/s1. The molecular weight excluding hydrogens is 398 g/mol. The number of thioether (sulfide) groups is 1. The molecule has 0 unspecified atom stereocenters. The van der Waals surface area contributed by atoms with E-state index in [1.54, 1.807) is 31.4 Å². The minimum Gasteiger partial charge on any atom is -0.493 e. The Bertz CT molecular complexity index is 987. The van der Waals surface area contributed by atoms with Crippen molar-refractivity contribution in [2.24, 2.45) is 10.2 Å². The first-order valence-electron chi connectivity index (χ1n) is 9.53. The van der Waals surface area contributed by atoms with Gasteiger partial charge in [0.05, 0.1) is 25.7 Å². The van der Waals surface area contributed by atoms with Gasteiger partial charge in [-0.2, -0.15) is 5.10 Å². The van der Waals surface area contributed by atoms with Crippen LogP contribution in [-0.2, 0) is 11.2 Å². The molecule has 1 atom stereocenters. The number of methoxy groups -OCH3 is 2. The molecule has 2 aromatic carbocycles. The zero-order chi connectivity index (χ0) is 21.5. The average Bonchev–Trinajstić information content (AvgIpc) is 3.03. The van der Waals surface area contributed by atoms with Gasteiger partial charge < -0.3 is 9.47 Å². The second kappa shape index (κ2) is 10.1. The third kappa shape index (κ3) is 5.10. The number of amidine groups is 1. The fourth-order valence-corrected chi connectivity index (χ4v) is 4.29. The van der Waals surface area contributed by atoms with Gasteiger partial charge in [0.15, 0.2) is 16.7 Å². The Morgan fingerprint density at radius 2 is 1.97 bits per heavy atom. The zero-order valence-electron chi connectivity index (χ0n) is 17.4. The highest BCUT2D eigenvalue weighted by atomic mass is 32.2. The van der Waals surface area contributed by atoms with Crippen molar-refractivity contribution in [2.45, 2.75) is 18.6 Å². The highest BCUT2D eigenvalue weighted by Gasteiger charge is 2.37. The van der Waals surface area contributed by atoms with Gasteiger partial charge in [0.1, 0.15) is 0 Å². The van der Waals surface area contributed by atoms with Crippen LogP contribution in [0.3, 0.4) is 0 Å². The van der Waals surface area contributed by atoms with Crippen molar-refractivity contribution in [2.75, 3.05) is 20.8 Å². The Morgan fingerprint density at radius 1 is 1.17 bits per heavy atom. The third-order valence-corrected chi connectivity index (χ3v) is 5.76. The molecular formula is C23H25N3O3S. The molecule has 156 valence electrons. The van der Waals surface area contributed by atoms with Crippen LogP contribution in [0, 0.1) is 6.92 Å². The number of aryl methyl sites for hydroxylation is 1. The van der Waals surface area contributed by atoms with Crippen LogP contribution >= 0.6 is 11.8 Å². The number of carbonyl (C=O) groups is 1. The molecule has 3 rings (SSSR count). The van der Waals surface area contributed by atoms with Gasteiger partial charge in [-0.3, -0.25) is 9.69 Å². The second-order valence-electron chi connectivity index (χ2n) is 6.78. The average molecular weight is 424 g/mol. The zero-order valence-corrected chi connectivity index (χ0v) is 18.2. The van der Waals surface area contributed by atoms with E-state index >= 15 is 0 Å². The van der Waals surface area contributed by atoms with Gasteiger partial charge in [-0.25, -0.2) is 0 Å². The molecule has 1 fully saturated rings. The van der Waals surface area contributed by atoms with E-state index in [1.807, 2.05) is 43.3 Å². The summed E-state index contributed by atoms with van der Waals surface area (Å²) in [7, 11) is 3.18. The molecule has 2 aromatic rings. The Labute approximate surface area is 181 Å².